The molecule has 0 spiro atoms. The van der Waals surface area contributed by atoms with Crippen molar-refractivity contribution in [3.63, 3.8) is 0 Å². The van der Waals surface area contributed by atoms with E-state index in [1.165, 1.54) is 18.4 Å². The fourth-order valence-corrected chi connectivity index (χ4v) is 3.08. The lowest BCUT2D eigenvalue weighted by Crippen LogP contribution is -2.46. The normalized spacial score (nSPS) is 18.6. The third kappa shape index (κ3) is 4.66. The van der Waals surface area contributed by atoms with Crippen molar-refractivity contribution in [3.8, 4) is 0 Å². The number of ether oxygens (including phenoxy) is 2. The van der Waals surface area contributed by atoms with E-state index in [4.69, 9.17) is 16.3 Å². The van der Waals surface area contributed by atoms with Gasteiger partial charge in [-0.2, -0.15) is 0 Å². The van der Waals surface area contributed by atoms with E-state index in [0.29, 0.717) is 25.6 Å². The summed E-state index contributed by atoms with van der Waals surface area (Å²) in [5.41, 5.74) is 0.787. The molecule has 6 nitrogen and oxygen atoms in total. The summed E-state index contributed by atoms with van der Waals surface area (Å²) in [6.07, 6.45) is 0.116. The molecule has 0 aliphatic carbocycles. The summed E-state index contributed by atoms with van der Waals surface area (Å²) in [6.45, 7) is 1.37. The number of rotatable bonds is 5. The minimum absolute atomic E-state index is 0.0105. The molecule has 0 radical (unpaired) electrons. The van der Waals surface area contributed by atoms with Crippen LogP contribution in [0.5, 0.6) is 0 Å². The largest absolute Gasteiger partial charge is 0.469 e. The molecule has 1 fully saturated rings. The molecule has 1 aliphatic rings. The third-order valence-corrected chi connectivity index (χ3v) is 4.32. The predicted molar refractivity (Wildman–Crippen MR) is 78.3 cm³/mol. The van der Waals surface area contributed by atoms with Gasteiger partial charge in [-0.05, 0) is 0 Å². The van der Waals surface area contributed by atoms with Crippen molar-refractivity contribution in [2.75, 3.05) is 26.8 Å². The molecule has 2 rings (SSSR count). The van der Waals surface area contributed by atoms with Crippen LogP contribution in [0.15, 0.2) is 5.38 Å². The van der Waals surface area contributed by atoms with Crippen LogP contribution < -0.4 is 0 Å². The minimum atomic E-state index is -0.332. The first-order chi connectivity index (χ1) is 10.1. The molecule has 0 saturated carbocycles. The Labute approximate surface area is 132 Å². The van der Waals surface area contributed by atoms with E-state index in [1.807, 2.05) is 5.38 Å². The lowest BCUT2D eigenvalue weighted by atomic mass is 10.2. The van der Waals surface area contributed by atoms with Gasteiger partial charge in [-0.15, -0.1) is 22.9 Å². The van der Waals surface area contributed by atoms with Gasteiger partial charge in [-0.3, -0.25) is 9.59 Å². The first-order valence-electron chi connectivity index (χ1n) is 6.57. The van der Waals surface area contributed by atoms with E-state index in [-0.39, 0.29) is 30.8 Å². The van der Waals surface area contributed by atoms with Gasteiger partial charge in [0.25, 0.3) is 0 Å². The minimum Gasteiger partial charge on any atom is -0.469 e. The SMILES string of the molecule is COC(=O)CC1CN(C(=O)Cc2nc(CCl)cs2)CCO1. The van der Waals surface area contributed by atoms with Gasteiger partial charge in [0.2, 0.25) is 5.91 Å². The summed E-state index contributed by atoms with van der Waals surface area (Å²) in [7, 11) is 1.34. The van der Waals surface area contributed by atoms with E-state index < -0.39 is 0 Å². The van der Waals surface area contributed by atoms with Gasteiger partial charge in [-0.1, -0.05) is 0 Å². The number of thiazole rings is 1. The van der Waals surface area contributed by atoms with Crippen LogP contribution in [0.2, 0.25) is 0 Å². The van der Waals surface area contributed by atoms with Crippen molar-refractivity contribution < 1.29 is 19.1 Å². The van der Waals surface area contributed by atoms with Crippen LogP contribution in [-0.4, -0.2) is 54.7 Å². The van der Waals surface area contributed by atoms with E-state index in [0.717, 1.165) is 10.7 Å². The Kier molecular flexibility index (Phi) is 5.96. The zero-order valence-electron chi connectivity index (χ0n) is 11.7. The molecule has 21 heavy (non-hydrogen) atoms. The number of carbonyl (C=O) groups excluding carboxylic acids is 2. The van der Waals surface area contributed by atoms with Gasteiger partial charge >= 0.3 is 5.97 Å². The van der Waals surface area contributed by atoms with Crippen LogP contribution in [0, 0.1) is 0 Å². The van der Waals surface area contributed by atoms with Gasteiger partial charge in [0.15, 0.2) is 0 Å². The van der Waals surface area contributed by atoms with Crippen LogP contribution in [0.4, 0.5) is 0 Å². The van der Waals surface area contributed by atoms with Gasteiger partial charge in [-0.25, -0.2) is 4.98 Å². The highest BCUT2D eigenvalue weighted by Crippen LogP contribution is 2.15. The molecule has 1 aliphatic heterocycles. The van der Waals surface area contributed by atoms with Crippen LogP contribution in [-0.2, 0) is 31.4 Å². The molecule has 1 unspecified atom stereocenters. The molecule has 1 aromatic rings. The maximum absolute atomic E-state index is 12.3. The Morgan fingerprint density at radius 3 is 3.10 bits per heavy atom. The van der Waals surface area contributed by atoms with E-state index in [2.05, 4.69) is 9.72 Å². The molecule has 2 heterocycles. The van der Waals surface area contributed by atoms with E-state index >= 15 is 0 Å². The summed E-state index contributed by atoms with van der Waals surface area (Å²) >= 11 is 7.13. The highest BCUT2D eigenvalue weighted by Gasteiger charge is 2.26. The van der Waals surface area contributed by atoms with E-state index in [1.54, 1.807) is 4.90 Å². The first kappa shape index (κ1) is 16.2. The molecule has 1 amide bonds. The quantitative estimate of drug-likeness (QED) is 0.599. The zero-order valence-corrected chi connectivity index (χ0v) is 13.3. The highest BCUT2D eigenvalue weighted by atomic mass is 35.5. The second-order valence-electron chi connectivity index (χ2n) is 4.66. The lowest BCUT2D eigenvalue weighted by Gasteiger charge is -2.32. The summed E-state index contributed by atoms with van der Waals surface area (Å²) < 4.78 is 10.1. The lowest BCUT2D eigenvalue weighted by molar-refractivity contribution is -0.149. The van der Waals surface area contributed by atoms with Crippen molar-refractivity contribution in [2.24, 2.45) is 0 Å². The van der Waals surface area contributed by atoms with Crippen molar-refractivity contribution in [1.29, 1.82) is 0 Å². The standard InChI is InChI=1S/C13H17ClN2O4S/c1-19-13(18)4-10-7-16(2-3-20-10)12(17)5-11-15-9(6-14)8-21-11/h8,10H,2-7H2,1H3. The molecule has 0 N–H and O–H groups in total. The topological polar surface area (TPSA) is 68.7 Å². The van der Waals surface area contributed by atoms with Crippen molar-refractivity contribution in [1.82, 2.24) is 9.88 Å². The Morgan fingerprint density at radius 2 is 2.43 bits per heavy atom. The Hall–Kier alpha value is -1.18. The molecule has 8 heteroatoms. The molecule has 1 aromatic heterocycles. The van der Waals surface area contributed by atoms with Crippen LogP contribution in [0.25, 0.3) is 0 Å². The molecule has 1 atom stereocenters. The molecule has 0 bridgehead atoms. The number of hydrogen-bond acceptors (Lipinski definition) is 6. The summed E-state index contributed by atoms with van der Waals surface area (Å²) in [5, 5.41) is 2.61. The van der Waals surface area contributed by atoms with Crippen LogP contribution in [0.3, 0.4) is 0 Å². The number of methoxy groups -OCH3 is 1. The number of carbonyl (C=O) groups is 2. The zero-order chi connectivity index (χ0) is 15.2. The molecule has 0 aromatic carbocycles. The van der Waals surface area contributed by atoms with Gasteiger partial charge in [0.1, 0.15) is 5.01 Å². The van der Waals surface area contributed by atoms with Gasteiger partial charge in [0.05, 0.1) is 44.2 Å². The smallest absolute Gasteiger partial charge is 0.308 e. The number of hydrogen-bond donors (Lipinski definition) is 0. The molecule has 1 saturated heterocycles. The van der Waals surface area contributed by atoms with Crippen LogP contribution >= 0.6 is 22.9 Å². The van der Waals surface area contributed by atoms with Crippen molar-refractivity contribution in [2.45, 2.75) is 24.8 Å². The number of esters is 1. The maximum atomic E-state index is 12.3. The number of amides is 1. The fourth-order valence-electron chi connectivity index (χ4n) is 2.07. The maximum Gasteiger partial charge on any atom is 0.308 e. The average Bonchev–Trinajstić information content (AvgIpc) is 2.95. The molecular formula is C13H17ClN2O4S. The van der Waals surface area contributed by atoms with Crippen molar-refractivity contribution >= 4 is 34.8 Å². The number of morpholine rings is 1. The number of alkyl halides is 1. The van der Waals surface area contributed by atoms with Gasteiger partial charge in [0, 0.05) is 18.5 Å². The second kappa shape index (κ2) is 7.72. The number of halogens is 1. The Morgan fingerprint density at radius 1 is 1.62 bits per heavy atom. The Bertz CT molecular complexity index is 508. The average molecular weight is 333 g/mol. The number of nitrogens with zero attached hydrogens (tertiary/aromatic N) is 2. The highest BCUT2D eigenvalue weighted by molar-refractivity contribution is 7.09. The summed E-state index contributed by atoms with van der Waals surface area (Å²) in [6, 6.07) is 0. The monoisotopic (exact) mass is 332 g/mol. The summed E-state index contributed by atoms with van der Waals surface area (Å²) in [5.74, 6) is 0.00769. The first-order valence-corrected chi connectivity index (χ1v) is 7.99. The number of aromatic nitrogens is 1. The van der Waals surface area contributed by atoms with Gasteiger partial charge < -0.3 is 14.4 Å². The second-order valence-corrected chi connectivity index (χ2v) is 5.87. The Balaban J connectivity index is 1.88. The van der Waals surface area contributed by atoms with E-state index in [9.17, 15) is 9.59 Å². The summed E-state index contributed by atoms with van der Waals surface area (Å²) in [4.78, 5) is 29.5. The third-order valence-electron chi connectivity index (χ3n) is 3.15. The molecular weight excluding hydrogens is 316 g/mol. The van der Waals surface area contributed by atoms with Crippen LogP contribution in [0.1, 0.15) is 17.1 Å². The fraction of sp³-hybridized carbons (Fsp3) is 0.615. The van der Waals surface area contributed by atoms with Crippen molar-refractivity contribution in [3.05, 3.63) is 16.1 Å². The predicted octanol–water partition coefficient (Wildman–Crippen LogP) is 1.21. The molecule has 116 valence electrons.